The number of aliphatic hydroxyl groups is 1. The van der Waals surface area contributed by atoms with E-state index in [0.29, 0.717) is 56.3 Å². The van der Waals surface area contributed by atoms with E-state index in [0.717, 1.165) is 17.6 Å². The van der Waals surface area contributed by atoms with E-state index >= 15 is 0 Å². The largest absolute Gasteiger partial charge is 0.417 e. The second-order valence-corrected chi connectivity index (χ2v) is 8.77. The van der Waals surface area contributed by atoms with Crippen molar-refractivity contribution in [3.05, 3.63) is 48.2 Å². The molecule has 1 aliphatic heterocycles. The van der Waals surface area contributed by atoms with Crippen molar-refractivity contribution in [2.24, 2.45) is 11.7 Å². The number of alkyl halides is 3. The van der Waals surface area contributed by atoms with Crippen LogP contribution in [0, 0.1) is 5.92 Å². The molecule has 2 atom stereocenters. The number of halogens is 3. The number of primary amides is 1. The van der Waals surface area contributed by atoms with Gasteiger partial charge in [-0.05, 0) is 38.1 Å². The lowest BCUT2D eigenvalue weighted by molar-refractivity contribution is -0.137. The summed E-state index contributed by atoms with van der Waals surface area (Å²) in [7, 11) is 0. The fraction of sp³-hybridized carbons (Fsp3) is 0.478. The molecule has 1 aliphatic rings. The maximum atomic E-state index is 12.8. The topological polar surface area (TPSA) is 113 Å². The number of fused-ring (bicyclic) bond motifs is 1. The number of aliphatic hydroxyl groups excluding tert-OH is 1. The Labute approximate surface area is 200 Å². The third-order valence-corrected chi connectivity index (χ3v) is 6.34. The molecule has 12 heteroatoms. The van der Waals surface area contributed by atoms with Gasteiger partial charge in [0, 0.05) is 37.9 Å². The molecule has 1 saturated heterocycles. The highest BCUT2D eigenvalue weighted by Gasteiger charge is 2.31. The van der Waals surface area contributed by atoms with Gasteiger partial charge in [-0.3, -0.25) is 14.7 Å². The van der Waals surface area contributed by atoms with Crippen LogP contribution in [-0.4, -0.2) is 67.7 Å². The first-order chi connectivity index (χ1) is 16.7. The van der Waals surface area contributed by atoms with E-state index in [1.54, 1.807) is 0 Å². The molecular weight excluding hydrogens is 463 g/mol. The van der Waals surface area contributed by atoms with Crippen LogP contribution in [0.25, 0.3) is 11.0 Å². The van der Waals surface area contributed by atoms with Gasteiger partial charge in [0.15, 0.2) is 0 Å². The molecule has 4 rings (SSSR count). The Kier molecular flexibility index (Phi) is 7.22. The summed E-state index contributed by atoms with van der Waals surface area (Å²) in [6.07, 6.45) is -0.107. The van der Waals surface area contributed by atoms with Crippen LogP contribution in [0.15, 0.2) is 36.9 Å². The highest BCUT2D eigenvalue weighted by Crippen LogP contribution is 2.30. The normalized spacial score (nSPS) is 19.2. The third kappa shape index (κ3) is 5.70. The highest BCUT2D eigenvalue weighted by atomic mass is 19.4. The number of piperidine rings is 1. The lowest BCUT2D eigenvalue weighted by atomic mass is 9.93. The number of nitrogens with two attached hydrogens (primary N) is 1. The molecular formula is C23H28F3N7O2. The van der Waals surface area contributed by atoms with Crippen molar-refractivity contribution < 1.29 is 23.1 Å². The molecule has 0 radical (unpaired) electrons. The van der Waals surface area contributed by atoms with Gasteiger partial charge in [-0.1, -0.05) is 0 Å². The summed E-state index contributed by atoms with van der Waals surface area (Å²) in [5, 5.41) is 11.4. The first-order valence-electron chi connectivity index (χ1n) is 11.4. The first kappa shape index (κ1) is 24.9. The van der Waals surface area contributed by atoms with Crippen LogP contribution < -0.4 is 10.6 Å². The van der Waals surface area contributed by atoms with E-state index < -0.39 is 23.8 Å². The first-order valence-corrected chi connectivity index (χ1v) is 11.4. The number of likely N-dealkylation sites (tertiary alicyclic amines) is 1. The number of pyridine rings is 1. The highest BCUT2D eigenvalue weighted by molar-refractivity contribution is 5.87. The van der Waals surface area contributed by atoms with Crippen LogP contribution in [0.1, 0.15) is 24.6 Å². The van der Waals surface area contributed by atoms with Crippen LogP contribution in [0.3, 0.4) is 0 Å². The lowest BCUT2D eigenvalue weighted by Crippen LogP contribution is -2.47. The summed E-state index contributed by atoms with van der Waals surface area (Å²) in [6, 6.07) is 4.31. The molecule has 4 heterocycles. The minimum absolute atomic E-state index is 0.00762. The lowest BCUT2D eigenvalue weighted by Gasteiger charge is -2.35. The minimum atomic E-state index is -4.43. The molecule has 3 aromatic heterocycles. The van der Waals surface area contributed by atoms with E-state index in [1.807, 2.05) is 33.6 Å². The van der Waals surface area contributed by atoms with Crippen molar-refractivity contribution in [2.45, 2.75) is 38.7 Å². The zero-order valence-electron chi connectivity index (χ0n) is 19.3. The summed E-state index contributed by atoms with van der Waals surface area (Å²) in [5.74, 6) is 0.241. The van der Waals surface area contributed by atoms with E-state index in [9.17, 15) is 23.1 Å². The van der Waals surface area contributed by atoms with Crippen molar-refractivity contribution in [3.8, 4) is 0 Å². The van der Waals surface area contributed by atoms with Crippen LogP contribution in [-0.2, 0) is 24.1 Å². The summed E-state index contributed by atoms with van der Waals surface area (Å²) in [5.41, 5.74) is 5.69. The molecule has 3 aromatic rings. The number of carbonyl (C=O) groups is 1. The predicted octanol–water partition coefficient (Wildman–Crippen LogP) is 2.04. The molecule has 2 unspecified atom stereocenters. The molecule has 0 aliphatic carbocycles. The van der Waals surface area contributed by atoms with Crippen LogP contribution in [0.5, 0.6) is 0 Å². The van der Waals surface area contributed by atoms with Gasteiger partial charge in [-0.25, -0.2) is 9.97 Å². The summed E-state index contributed by atoms with van der Waals surface area (Å²) >= 11 is 0. The number of carbonyl (C=O) groups excluding carboxylic acids is 1. The second-order valence-electron chi connectivity index (χ2n) is 8.77. The quantitative estimate of drug-likeness (QED) is 0.496. The van der Waals surface area contributed by atoms with Crippen LogP contribution >= 0.6 is 0 Å². The van der Waals surface area contributed by atoms with Crippen molar-refractivity contribution in [1.29, 1.82) is 0 Å². The number of amides is 1. The van der Waals surface area contributed by atoms with E-state index in [1.165, 1.54) is 12.4 Å². The second kappa shape index (κ2) is 10.2. The molecule has 0 bridgehead atoms. The average molecular weight is 492 g/mol. The Hall–Kier alpha value is -3.25. The van der Waals surface area contributed by atoms with E-state index in [2.05, 4.69) is 15.0 Å². The number of nitrogens with zero attached hydrogens (tertiary/aromatic N) is 6. The molecule has 188 valence electrons. The molecule has 0 spiro atoms. The molecule has 1 amide bonds. The van der Waals surface area contributed by atoms with Gasteiger partial charge in [0.2, 0.25) is 5.91 Å². The standard InChI is InChI=1S/C23H28F3N7O2/c1-2-32(11-17-4-3-16(9-28-17)23(24,25)26)21-18-6-8-33(22(18)30-14-29-21)10-15-5-7-31(12-19(15)34)13-20(27)35/h3-4,6,8-9,14-15,19,34H,2,5,7,10-13H2,1H3,(H2,27,35). The predicted molar refractivity (Wildman–Crippen MR) is 123 cm³/mol. The summed E-state index contributed by atoms with van der Waals surface area (Å²) < 4.78 is 40.5. The monoisotopic (exact) mass is 491 g/mol. The average Bonchev–Trinajstić information content (AvgIpc) is 3.21. The maximum Gasteiger partial charge on any atom is 0.417 e. The van der Waals surface area contributed by atoms with Gasteiger partial charge < -0.3 is 20.3 Å². The number of hydrogen-bond donors (Lipinski definition) is 2. The Morgan fingerprint density at radius 1 is 1.26 bits per heavy atom. The molecule has 0 saturated carbocycles. The molecule has 3 N–H and O–H groups in total. The zero-order valence-corrected chi connectivity index (χ0v) is 19.3. The van der Waals surface area contributed by atoms with Gasteiger partial charge in [0.05, 0.1) is 35.8 Å². The minimum Gasteiger partial charge on any atom is -0.391 e. The molecule has 9 nitrogen and oxygen atoms in total. The number of rotatable bonds is 8. The van der Waals surface area contributed by atoms with Crippen molar-refractivity contribution in [1.82, 2.24) is 24.4 Å². The molecule has 1 fully saturated rings. The van der Waals surface area contributed by atoms with Crippen molar-refractivity contribution >= 4 is 22.8 Å². The van der Waals surface area contributed by atoms with Gasteiger partial charge >= 0.3 is 6.18 Å². The third-order valence-electron chi connectivity index (χ3n) is 6.34. The molecule has 35 heavy (non-hydrogen) atoms. The van der Waals surface area contributed by atoms with Crippen molar-refractivity contribution in [2.75, 3.05) is 31.1 Å². The number of anilines is 1. The van der Waals surface area contributed by atoms with Gasteiger partial charge in [0.25, 0.3) is 0 Å². The van der Waals surface area contributed by atoms with Crippen LogP contribution in [0.4, 0.5) is 19.0 Å². The Bertz CT molecular complexity index is 1170. The Morgan fingerprint density at radius 3 is 2.69 bits per heavy atom. The fourth-order valence-corrected chi connectivity index (χ4v) is 4.48. The van der Waals surface area contributed by atoms with Gasteiger partial charge in [-0.15, -0.1) is 0 Å². The molecule has 0 aromatic carbocycles. The SMILES string of the molecule is CCN(Cc1ccc(C(F)(F)F)cn1)c1ncnc2c1ccn2CC1CCN(CC(N)=O)CC1O. The van der Waals surface area contributed by atoms with E-state index in [4.69, 9.17) is 5.73 Å². The number of hydrogen-bond acceptors (Lipinski definition) is 7. The van der Waals surface area contributed by atoms with Crippen LogP contribution in [0.2, 0.25) is 0 Å². The van der Waals surface area contributed by atoms with Crippen molar-refractivity contribution in [3.63, 3.8) is 0 Å². The summed E-state index contributed by atoms with van der Waals surface area (Å²) in [4.78, 5) is 27.8. The summed E-state index contributed by atoms with van der Waals surface area (Å²) in [6.45, 7) is 4.54. The smallest absolute Gasteiger partial charge is 0.391 e. The van der Waals surface area contributed by atoms with Gasteiger partial charge in [0.1, 0.15) is 17.8 Å². The maximum absolute atomic E-state index is 12.8. The van der Waals surface area contributed by atoms with Gasteiger partial charge in [-0.2, -0.15) is 13.2 Å². The number of aromatic nitrogens is 4. The number of β-amino-alcohol motifs (C(OH)–C–C–N with tert-alkyl or cyclic N) is 1. The fourth-order valence-electron chi connectivity index (χ4n) is 4.48. The Balaban J connectivity index is 1.50. The Morgan fingerprint density at radius 2 is 2.06 bits per heavy atom. The van der Waals surface area contributed by atoms with E-state index in [-0.39, 0.29) is 12.5 Å². The zero-order chi connectivity index (χ0) is 25.2.